The van der Waals surface area contributed by atoms with E-state index in [2.05, 4.69) is 13.8 Å². The zero-order valence-corrected chi connectivity index (χ0v) is 10.7. The summed E-state index contributed by atoms with van der Waals surface area (Å²) < 4.78 is 0. The maximum absolute atomic E-state index is 2.41. The fourth-order valence-corrected chi connectivity index (χ4v) is 2.00. The molecule has 1 aliphatic carbocycles. The Kier molecular flexibility index (Phi) is 14.3. The molecule has 1 aliphatic rings. The Morgan fingerprint density at radius 2 is 1.38 bits per heavy atom. The number of rotatable bonds is 1. The van der Waals surface area contributed by atoms with Crippen LogP contribution in [0.25, 0.3) is 0 Å². The summed E-state index contributed by atoms with van der Waals surface area (Å²) in [5.41, 5.74) is 0. The van der Waals surface area contributed by atoms with Gasteiger partial charge in [-0.25, -0.2) is 0 Å². The molecule has 0 heteroatoms. The quantitative estimate of drug-likeness (QED) is 0.523. The van der Waals surface area contributed by atoms with Gasteiger partial charge in [0.25, 0.3) is 0 Å². The molecular formula is C13H30. The third-order valence-electron chi connectivity index (χ3n) is 2.81. The second-order valence-electron chi connectivity index (χ2n) is 3.43. The summed E-state index contributed by atoms with van der Waals surface area (Å²) >= 11 is 0. The van der Waals surface area contributed by atoms with Gasteiger partial charge >= 0.3 is 0 Å². The lowest BCUT2D eigenvalue weighted by molar-refractivity contribution is 0.249. The Bertz CT molecular complexity index is 76.1. The smallest absolute Gasteiger partial charge is 0.0391 e. The van der Waals surface area contributed by atoms with Crippen LogP contribution in [-0.4, -0.2) is 0 Å². The van der Waals surface area contributed by atoms with Gasteiger partial charge in [0.15, 0.2) is 0 Å². The lowest BCUT2D eigenvalue weighted by Crippen LogP contribution is -2.15. The maximum atomic E-state index is 2.41. The van der Waals surface area contributed by atoms with Crippen molar-refractivity contribution < 1.29 is 0 Å². The molecule has 0 spiro atoms. The van der Waals surface area contributed by atoms with Crippen LogP contribution in [-0.2, 0) is 0 Å². The molecule has 0 unspecified atom stereocenters. The van der Waals surface area contributed by atoms with Gasteiger partial charge in [0.1, 0.15) is 0 Å². The Hall–Kier alpha value is 0. The highest BCUT2D eigenvalue weighted by Crippen LogP contribution is 2.31. The standard InChI is InChI=1S/C9H18.2C2H6/c1-3-9-7-5-4-6-8(9)2;2*1-2/h8-9H,3-7H2,1-2H3;2*1-2H3/t8-,9+;;/m1../s1. The molecule has 0 aromatic carbocycles. The Balaban J connectivity index is 0. The van der Waals surface area contributed by atoms with Gasteiger partial charge in [0.05, 0.1) is 0 Å². The first-order valence-corrected chi connectivity index (χ1v) is 6.34. The van der Waals surface area contributed by atoms with E-state index in [1.807, 2.05) is 27.7 Å². The molecule has 0 radical (unpaired) electrons. The molecule has 0 bridgehead atoms. The third-order valence-corrected chi connectivity index (χ3v) is 2.81. The van der Waals surface area contributed by atoms with Crippen LogP contribution < -0.4 is 0 Å². The number of hydrogen-bond acceptors (Lipinski definition) is 0. The van der Waals surface area contributed by atoms with Crippen LogP contribution in [0.3, 0.4) is 0 Å². The summed E-state index contributed by atoms with van der Waals surface area (Å²) in [6.07, 6.45) is 7.36. The van der Waals surface area contributed by atoms with Crippen molar-refractivity contribution in [3.63, 3.8) is 0 Å². The summed E-state index contributed by atoms with van der Waals surface area (Å²) in [7, 11) is 0. The molecule has 0 N–H and O–H groups in total. The molecule has 0 nitrogen and oxygen atoms in total. The monoisotopic (exact) mass is 186 g/mol. The van der Waals surface area contributed by atoms with Gasteiger partial charge in [-0.1, -0.05) is 73.6 Å². The van der Waals surface area contributed by atoms with Crippen LogP contribution in [0.15, 0.2) is 0 Å². The molecule has 0 aromatic heterocycles. The van der Waals surface area contributed by atoms with Gasteiger partial charge in [-0.05, 0) is 11.8 Å². The van der Waals surface area contributed by atoms with Crippen LogP contribution in [0.2, 0.25) is 0 Å². The highest BCUT2D eigenvalue weighted by atomic mass is 14.2. The van der Waals surface area contributed by atoms with E-state index in [4.69, 9.17) is 0 Å². The summed E-state index contributed by atoms with van der Waals surface area (Å²) in [6, 6.07) is 0. The summed E-state index contributed by atoms with van der Waals surface area (Å²) in [5, 5.41) is 0. The first-order chi connectivity index (χ1) is 6.34. The Morgan fingerprint density at radius 3 is 1.69 bits per heavy atom. The second kappa shape index (κ2) is 12.0. The lowest BCUT2D eigenvalue weighted by atomic mass is 9.79. The van der Waals surface area contributed by atoms with Crippen molar-refractivity contribution in [1.29, 1.82) is 0 Å². The fraction of sp³-hybridized carbons (Fsp3) is 1.00. The third kappa shape index (κ3) is 7.10. The second-order valence-corrected chi connectivity index (χ2v) is 3.43. The van der Waals surface area contributed by atoms with Gasteiger partial charge in [-0.2, -0.15) is 0 Å². The van der Waals surface area contributed by atoms with Crippen LogP contribution in [0.4, 0.5) is 0 Å². The SMILES string of the molecule is CC.CC.CC[C@H]1CCCC[C@H]1C. The summed E-state index contributed by atoms with van der Waals surface area (Å²) in [5.74, 6) is 2.07. The van der Waals surface area contributed by atoms with E-state index in [-0.39, 0.29) is 0 Å². The molecule has 1 rings (SSSR count). The Labute approximate surface area is 86.1 Å². The molecule has 0 heterocycles. The molecule has 0 aliphatic heterocycles. The molecule has 0 amide bonds. The van der Waals surface area contributed by atoms with Crippen LogP contribution in [0.5, 0.6) is 0 Å². The van der Waals surface area contributed by atoms with Crippen LogP contribution >= 0.6 is 0 Å². The van der Waals surface area contributed by atoms with Gasteiger partial charge < -0.3 is 0 Å². The predicted molar refractivity (Wildman–Crippen MR) is 64.1 cm³/mol. The van der Waals surface area contributed by atoms with Crippen LogP contribution in [0, 0.1) is 11.8 Å². The zero-order chi connectivity index (χ0) is 10.7. The van der Waals surface area contributed by atoms with Gasteiger partial charge in [0.2, 0.25) is 0 Å². The minimum atomic E-state index is 1.02. The molecule has 0 saturated heterocycles. The number of hydrogen-bond donors (Lipinski definition) is 0. The molecule has 1 saturated carbocycles. The minimum absolute atomic E-state index is 1.02. The Morgan fingerprint density at radius 1 is 0.923 bits per heavy atom. The van der Waals surface area contributed by atoms with E-state index >= 15 is 0 Å². The average molecular weight is 186 g/mol. The van der Waals surface area contributed by atoms with E-state index in [1.165, 1.54) is 32.1 Å². The molecule has 13 heavy (non-hydrogen) atoms. The van der Waals surface area contributed by atoms with Crippen molar-refractivity contribution in [3.05, 3.63) is 0 Å². The molecule has 82 valence electrons. The minimum Gasteiger partial charge on any atom is -0.0683 e. The van der Waals surface area contributed by atoms with Crippen molar-refractivity contribution in [2.75, 3.05) is 0 Å². The molecule has 2 atom stereocenters. The topological polar surface area (TPSA) is 0 Å². The van der Waals surface area contributed by atoms with Gasteiger partial charge in [-0.3, -0.25) is 0 Å². The highest BCUT2D eigenvalue weighted by Gasteiger charge is 2.18. The van der Waals surface area contributed by atoms with Crippen molar-refractivity contribution in [2.24, 2.45) is 11.8 Å². The van der Waals surface area contributed by atoms with Crippen molar-refractivity contribution in [3.8, 4) is 0 Å². The van der Waals surface area contributed by atoms with E-state index in [0.29, 0.717) is 0 Å². The summed E-state index contributed by atoms with van der Waals surface area (Å²) in [6.45, 7) is 12.7. The molecular weight excluding hydrogens is 156 g/mol. The van der Waals surface area contributed by atoms with Crippen LogP contribution in [0.1, 0.15) is 73.6 Å². The summed E-state index contributed by atoms with van der Waals surface area (Å²) in [4.78, 5) is 0. The van der Waals surface area contributed by atoms with Crippen molar-refractivity contribution in [1.82, 2.24) is 0 Å². The van der Waals surface area contributed by atoms with Gasteiger partial charge in [0, 0.05) is 0 Å². The predicted octanol–water partition coefficient (Wildman–Crippen LogP) is 5.28. The van der Waals surface area contributed by atoms with Gasteiger partial charge in [-0.15, -0.1) is 0 Å². The van der Waals surface area contributed by atoms with E-state index < -0.39 is 0 Å². The van der Waals surface area contributed by atoms with E-state index in [0.717, 1.165) is 11.8 Å². The molecule has 1 fully saturated rings. The van der Waals surface area contributed by atoms with E-state index in [9.17, 15) is 0 Å². The first kappa shape index (κ1) is 15.5. The molecule has 0 aromatic rings. The first-order valence-electron chi connectivity index (χ1n) is 6.34. The van der Waals surface area contributed by atoms with Crippen molar-refractivity contribution in [2.45, 2.75) is 73.6 Å². The maximum Gasteiger partial charge on any atom is -0.0391 e. The average Bonchev–Trinajstić information content (AvgIpc) is 2.24. The zero-order valence-electron chi connectivity index (χ0n) is 10.7. The largest absolute Gasteiger partial charge is 0.0683 e. The fourth-order valence-electron chi connectivity index (χ4n) is 2.00. The normalized spacial score (nSPS) is 26.3. The van der Waals surface area contributed by atoms with E-state index in [1.54, 1.807) is 0 Å². The van der Waals surface area contributed by atoms with Crippen molar-refractivity contribution >= 4 is 0 Å². The lowest BCUT2D eigenvalue weighted by Gasteiger charge is -2.27. The highest BCUT2D eigenvalue weighted by molar-refractivity contribution is 4.70.